The van der Waals surface area contributed by atoms with Crippen LogP contribution in [-0.2, 0) is 6.42 Å². The zero-order valence-corrected chi connectivity index (χ0v) is 16.0. The molecular weight excluding hydrogens is 288 g/mol. The summed E-state index contributed by atoms with van der Waals surface area (Å²) in [6.45, 7) is 13.7. The molecule has 0 aliphatic rings. The predicted octanol–water partition coefficient (Wildman–Crippen LogP) is 6.65. The molecule has 0 radical (unpaired) electrons. The number of benzene rings is 2. The largest absolute Gasteiger partial charge is 0.0931 e. The molecule has 0 fully saturated rings. The third kappa shape index (κ3) is 4.51. The Balaban J connectivity index is 2.45. The molecular formula is C24H30. The molecule has 0 aliphatic carbocycles. The smallest absolute Gasteiger partial charge is 0.0349 e. The van der Waals surface area contributed by atoms with Gasteiger partial charge in [0.2, 0.25) is 0 Å². The normalized spacial score (nSPS) is 11.0. The maximum atomic E-state index is 3.41. The van der Waals surface area contributed by atoms with Gasteiger partial charge in [-0.05, 0) is 52.1 Å². The molecule has 0 aliphatic heterocycles. The third-order valence-electron chi connectivity index (χ3n) is 4.52. The van der Waals surface area contributed by atoms with Gasteiger partial charge in [-0.15, -0.1) is 0 Å². The molecule has 2 aromatic carbocycles. The molecule has 0 heteroatoms. The summed E-state index contributed by atoms with van der Waals surface area (Å²) in [5.74, 6) is 8.33. The Morgan fingerprint density at radius 3 is 1.75 bits per heavy atom. The van der Waals surface area contributed by atoms with Crippen molar-refractivity contribution in [1.82, 2.24) is 0 Å². The highest BCUT2D eigenvalue weighted by molar-refractivity contribution is 5.46. The quantitative estimate of drug-likeness (QED) is 0.553. The molecule has 0 bridgehead atoms. The van der Waals surface area contributed by atoms with Crippen LogP contribution >= 0.6 is 0 Å². The van der Waals surface area contributed by atoms with Crippen LogP contribution in [0.5, 0.6) is 0 Å². The van der Waals surface area contributed by atoms with Gasteiger partial charge in [-0.3, -0.25) is 0 Å². The predicted molar refractivity (Wildman–Crippen MR) is 106 cm³/mol. The standard InChI is InChI=1S/C24H30/c1-17(2)21-15-23(18(3)4)22(24(16-21)19(5)6)14-10-13-20-11-8-7-9-12-20/h7-9,11-12,15-19H,14H2,1-6H3. The van der Waals surface area contributed by atoms with E-state index in [9.17, 15) is 0 Å². The second-order valence-electron chi connectivity index (χ2n) is 7.49. The second kappa shape index (κ2) is 8.20. The fourth-order valence-electron chi connectivity index (χ4n) is 3.07. The molecule has 0 heterocycles. The van der Waals surface area contributed by atoms with Crippen LogP contribution in [0.3, 0.4) is 0 Å². The average Bonchev–Trinajstić information content (AvgIpc) is 2.55. The Kier molecular flexibility index (Phi) is 6.27. The first-order valence-corrected chi connectivity index (χ1v) is 9.10. The van der Waals surface area contributed by atoms with Crippen LogP contribution in [0.2, 0.25) is 0 Å². The van der Waals surface area contributed by atoms with Crippen LogP contribution in [0.15, 0.2) is 42.5 Å². The molecule has 126 valence electrons. The Morgan fingerprint density at radius 1 is 0.750 bits per heavy atom. The molecule has 0 N–H and O–H groups in total. The van der Waals surface area contributed by atoms with Gasteiger partial charge in [0.15, 0.2) is 0 Å². The monoisotopic (exact) mass is 318 g/mol. The summed E-state index contributed by atoms with van der Waals surface area (Å²) in [5.41, 5.74) is 6.91. The van der Waals surface area contributed by atoms with E-state index in [4.69, 9.17) is 0 Å². The van der Waals surface area contributed by atoms with Crippen molar-refractivity contribution >= 4 is 0 Å². The molecule has 0 atom stereocenters. The minimum Gasteiger partial charge on any atom is -0.0931 e. The van der Waals surface area contributed by atoms with E-state index in [0.717, 1.165) is 12.0 Å². The summed E-state index contributed by atoms with van der Waals surface area (Å²) in [6, 6.07) is 15.1. The molecule has 24 heavy (non-hydrogen) atoms. The van der Waals surface area contributed by atoms with Crippen molar-refractivity contribution in [2.75, 3.05) is 0 Å². The highest BCUT2D eigenvalue weighted by Gasteiger charge is 2.16. The zero-order valence-electron chi connectivity index (χ0n) is 16.0. The van der Waals surface area contributed by atoms with Crippen molar-refractivity contribution in [3.63, 3.8) is 0 Å². The van der Waals surface area contributed by atoms with Gasteiger partial charge in [0.05, 0.1) is 0 Å². The van der Waals surface area contributed by atoms with Crippen LogP contribution in [0.4, 0.5) is 0 Å². The van der Waals surface area contributed by atoms with Gasteiger partial charge in [-0.1, -0.05) is 83.7 Å². The first-order valence-electron chi connectivity index (χ1n) is 9.10. The lowest BCUT2D eigenvalue weighted by Gasteiger charge is -2.21. The summed E-state index contributed by atoms with van der Waals surface area (Å²) in [7, 11) is 0. The zero-order chi connectivity index (χ0) is 17.7. The number of hydrogen-bond donors (Lipinski definition) is 0. The van der Waals surface area contributed by atoms with Crippen molar-refractivity contribution < 1.29 is 0 Å². The minimum absolute atomic E-state index is 0.523. The molecule has 0 nitrogen and oxygen atoms in total. The fourth-order valence-corrected chi connectivity index (χ4v) is 3.07. The van der Waals surface area contributed by atoms with Gasteiger partial charge in [-0.2, -0.15) is 0 Å². The van der Waals surface area contributed by atoms with Crippen molar-refractivity contribution in [3.05, 3.63) is 70.3 Å². The maximum Gasteiger partial charge on any atom is 0.0349 e. The highest BCUT2D eigenvalue weighted by Crippen LogP contribution is 2.32. The van der Waals surface area contributed by atoms with Gasteiger partial charge < -0.3 is 0 Å². The van der Waals surface area contributed by atoms with Crippen LogP contribution < -0.4 is 0 Å². The van der Waals surface area contributed by atoms with Gasteiger partial charge in [0.1, 0.15) is 0 Å². The van der Waals surface area contributed by atoms with E-state index in [1.807, 2.05) is 18.2 Å². The van der Waals surface area contributed by atoms with Crippen molar-refractivity contribution in [1.29, 1.82) is 0 Å². The van der Waals surface area contributed by atoms with Crippen molar-refractivity contribution in [2.24, 2.45) is 0 Å². The van der Waals surface area contributed by atoms with E-state index in [1.165, 1.54) is 22.3 Å². The minimum atomic E-state index is 0.523. The van der Waals surface area contributed by atoms with Crippen molar-refractivity contribution in [2.45, 2.75) is 65.7 Å². The van der Waals surface area contributed by atoms with E-state index in [-0.39, 0.29) is 0 Å². The van der Waals surface area contributed by atoms with E-state index in [0.29, 0.717) is 17.8 Å². The summed E-state index contributed by atoms with van der Waals surface area (Å²) in [4.78, 5) is 0. The lowest BCUT2D eigenvalue weighted by molar-refractivity contribution is 0.786. The van der Waals surface area contributed by atoms with E-state index in [2.05, 4.69) is 77.6 Å². The lowest BCUT2D eigenvalue weighted by Crippen LogP contribution is -2.06. The Morgan fingerprint density at radius 2 is 1.29 bits per heavy atom. The summed E-state index contributed by atoms with van der Waals surface area (Å²) >= 11 is 0. The van der Waals surface area contributed by atoms with Crippen LogP contribution in [0.1, 0.15) is 87.1 Å². The molecule has 2 rings (SSSR count). The fraction of sp³-hybridized carbons (Fsp3) is 0.417. The van der Waals surface area contributed by atoms with E-state index >= 15 is 0 Å². The highest BCUT2D eigenvalue weighted by atomic mass is 14.2. The Hall–Kier alpha value is -2.00. The topological polar surface area (TPSA) is 0 Å². The molecule has 0 saturated heterocycles. The van der Waals surface area contributed by atoms with Gasteiger partial charge in [-0.25, -0.2) is 0 Å². The van der Waals surface area contributed by atoms with E-state index < -0.39 is 0 Å². The Bertz CT molecular complexity index is 693. The SMILES string of the molecule is CC(C)c1cc(C(C)C)c(CC#Cc2ccccc2)c(C(C)C)c1. The second-order valence-corrected chi connectivity index (χ2v) is 7.49. The molecule has 2 aromatic rings. The molecule has 0 amide bonds. The van der Waals surface area contributed by atoms with Gasteiger partial charge in [0, 0.05) is 12.0 Å². The number of hydrogen-bond acceptors (Lipinski definition) is 0. The molecule has 0 spiro atoms. The van der Waals surface area contributed by atoms with Crippen LogP contribution in [-0.4, -0.2) is 0 Å². The molecule has 0 saturated carbocycles. The molecule has 0 aromatic heterocycles. The first kappa shape index (κ1) is 18.3. The first-order chi connectivity index (χ1) is 11.4. The summed E-state index contributed by atoms with van der Waals surface area (Å²) < 4.78 is 0. The van der Waals surface area contributed by atoms with Crippen molar-refractivity contribution in [3.8, 4) is 11.8 Å². The number of rotatable bonds is 4. The third-order valence-corrected chi connectivity index (χ3v) is 4.52. The van der Waals surface area contributed by atoms with Crippen LogP contribution in [0, 0.1) is 11.8 Å². The van der Waals surface area contributed by atoms with E-state index in [1.54, 1.807) is 0 Å². The Labute approximate surface area is 148 Å². The average molecular weight is 319 g/mol. The lowest BCUT2D eigenvalue weighted by atomic mass is 9.83. The summed E-state index contributed by atoms with van der Waals surface area (Å²) in [5, 5.41) is 0. The maximum absolute atomic E-state index is 3.41. The molecule has 0 unspecified atom stereocenters. The van der Waals surface area contributed by atoms with Gasteiger partial charge >= 0.3 is 0 Å². The summed E-state index contributed by atoms with van der Waals surface area (Å²) in [6.07, 6.45) is 0.828. The van der Waals surface area contributed by atoms with Crippen LogP contribution in [0.25, 0.3) is 0 Å². The van der Waals surface area contributed by atoms with Gasteiger partial charge in [0.25, 0.3) is 0 Å².